The van der Waals surface area contributed by atoms with Crippen molar-refractivity contribution in [3.63, 3.8) is 0 Å². The van der Waals surface area contributed by atoms with Gasteiger partial charge in [-0.05, 0) is 77.0 Å². The average Bonchev–Trinajstić information content (AvgIpc) is 3.48. The van der Waals surface area contributed by atoms with Crippen LogP contribution < -0.4 is 5.32 Å². The Labute approximate surface area is 530 Å². The molecule has 1 amide bonds. The molecule has 0 aromatic rings. The summed E-state index contributed by atoms with van der Waals surface area (Å²) in [6.45, 7) is 4.82. The smallest absolute Gasteiger partial charge is 0.387 e. The van der Waals surface area contributed by atoms with Gasteiger partial charge in [0.15, 0.2) is 0 Å². The molecule has 0 spiro atoms. The first kappa shape index (κ1) is 83.2. The molecule has 3 atom stereocenters. The molecular weight excluding hydrogens is 1070 g/mol. The molecule has 0 aliphatic carbocycles. The Kier molecular flexibility index (Phi) is 65.2. The molecule has 0 aliphatic heterocycles. The van der Waals surface area contributed by atoms with Crippen molar-refractivity contribution in [3.05, 3.63) is 60.8 Å². The summed E-state index contributed by atoms with van der Waals surface area (Å²) >= 11 is 0. The number of rotatable bonds is 69. The summed E-state index contributed by atoms with van der Waals surface area (Å²) in [5, 5.41) is 14.0. The van der Waals surface area contributed by atoms with Crippen LogP contribution in [0.4, 0.5) is 0 Å². The average molecular weight is 1210 g/mol. The van der Waals surface area contributed by atoms with Crippen molar-refractivity contribution in [1.82, 2.24) is 5.32 Å². The highest BCUT2D eigenvalue weighted by Gasteiger charge is 2.28. The quantitative estimate of drug-likeness (QED) is 0.0243. The minimum absolute atomic E-state index is 0.0543. The maximum Gasteiger partial charge on any atom is 0.472 e. The molecular formula is C76H146N2O6P+. The van der Waals surface area contributed by atoms with Crippen molar-refractivity contribution in [2.45, 2.75) is 379 Å². The highest BCUT2D eigenvalue weighted by molar-refractivity contribution is 7.47. The number of carbonyl (C=O) groups excluding carboxylic acids is 1. The van der Waals surface area contributed by atoms with E-state index < -0.39 is 20.0 Å². The van der Waals surface area contributed by atoms with Gasteiger partial charge in [0.2, 0.25) is 5.91 Å². The van der Waals surface area contributed by atoms with Gasteiger partial charge in [0.25, 0.3) is 0 Å². The van der Waals surface area contributed by atoms with E-state index in [9.17, 15) is 19.4 Å². The van der Waals surface area contributed by atoms with Crippen molar-refractivity contribution in [1.29, 1.82) is 0 Å². The molecule has 0 aromatic carbocycles. The molecule has 500 valence electrons. The van der Waals surface area contributed by atoms with Crippen molar-refractivity contribution >= 4 is 13.7 Å². The van der Waals surface area contributed by atoms with Gasteiger partial charge < -0.3 is 19.8 Å². The Hall–Kier alpha value is -1.80. The Balaban J connectivity index is 3.95. The second-order valence-electron chi connectivity index (χ2n) is 26.7. The van der Waals surface area contributed by atoms with E-state index >= 15 is 0 Å². The van der Waals surface area contributed by atoms with Crippen LogP contribution >= 0.6 is 7.82 Å². The van der Waals surface area contributed by atoms with Gasteiger partial charge in [0, 0.05) is 6.42 Å². The first-order valence-corrected chi connectivity index (χ1v) is 38.7. The Bertz CT molecular complexity index is 1570. The van der Waals surface area contributed by atoms with Crippen LogP contribution in [-0.2, 0) is 18.4 Å². The lowest BCUT2D eigenvalue weighted by molar-refractivity contribution is -0.870. The van der Waals surface area contributed by atoms with Crippen molar-refractivity contribution in [2.75, 3.05) is 40.9 Å². The van der Waals surface area contributed by atoms with Crippen LogP contribution in [0.15, 0.2) is 60.8 Å². The maximum atomic E-state index is 13.1. The molecule has 0 aromatic heterocycles. The second kappa shape index (κ2) is 66.6. The molecule has 0 saturated heterocycles. The summed E-state index contributed by atoms with van der Waals surface area (Å²) in [6, 6.07) is -0.871. The molecule has 0 aliphatic rings. The molecule has 3 unspecified atom stereocenters. The van der Waals surface area contributed by atoms with Crippen LogP contribution in [-0.4, -0.2) is 73.4 Å². The summed E-state index contributed by atoms with van der Waals surface area (Å²) in [5.74, 6) is -0.184. The maximum absolute atomic E-state index is 13.1. The topological polar surface area (TPSA) is 105 Å². The van der Waals surface area contributed by atoms with E-state index in [1.165, 1.54) is 295 Å². The summed E-state index contributed by atoms with van der Waals surface area (Å²) in [7, 11) is 1.56. The van der Waals surface area contributed by atoms with Gasteiger partial charge in [-0.25, -0.2) is 4.57 Å². The second-order valence-corrected chi connectivity index (χ2v) is 28.1. The number of hydrogen-bond donors (Lipinski definition) is 3. The summed E-state index contributed by atoms with van der Waals surface area (Å²) in [6.07, 6.45) is 92.6. The predicted molar refractivity (Wildman–Crippen MR) is 374 cm³/mol. The Morgan fingerprint density at radius 1 is 0.400 bits per heavy atom. The zero-order chi connectivity index (χ0) is 61.9. The molecule has 0 fully saturated rings. The van der Waals surface area contributed by atoms with Crippen molar-refractivity contribution in [3.8, 4) is 0 Å². The lowest BCUT2D eigenvalue weighted by Crippen LogP contribution is -2.45. The van der Waals surface area contributed by atoms with Gasteiger partial charge in [0.05, 0.1) is 39.9 Å². The van der Waals surface area contributed by atoms with Gasteiger partial charge in [-0.3, -0.25) is 13.8 Å². The Morgan fingerprint density at radius 3 is 1.01 bits per heavy atom. The largest absolute Gasteiger partial charge is 0.472 e. The SMILES string of the molecule is CCCCCCC/C=C\C/C=C\CCCCCCCCCCCCCCCCCCCCCCCCCCCCCCCC(=O)NC(COP(=O)(O)OCC[N+](C)(C)C)C(O)/C=C/CC/C=C/CC/C=C/CCCCCCCCCCCCCC. The molecule has 0 rings (SSSR count). The minimum atomic E-state index is -4.37. The van der Waals surface area contributed by atoms with Gasteiger partial charge >= 0.3 is 7.82 Å². The number of nitrogens with zero attached hydrogens (tertiary/aromatic N) is 1. The fourth-order valence-electron chi connectivity index (χ4n) is 11.2. The summed E-state index contributed by atoms with van der Waals surface area (Å²) < 4.78 is 23.8. The fourth-order valence-corrected chi connectivity index (χ4v) is 11.9. The lowest BCUT2D eigenvalue weighted by Gasteiger charge is -2.25. The van der Waals surface area contributed by atoms with E-state index in [2.05, 4.69) is 67.8 Å². The van der Waals surface area contributed by atoms with Crippen molar-refractivity contribution < 1.29 is 32.9 Å². The fraction of sp³-hybridized carbons (Fsp3) is 0.855. The number of amides is 1. The highest BCUT2D eigenvalue weighted by Crippen LogP contribution is 2.43. The number of hydrogen-bond acceptors (Lipinski definition) is 5. The third-order valence-corrected chi connectivity index (χ3v) is 17.9. The normalized spacial score (nSPS) is 13.9. The number of aliphatic hydroxyl groups is 1. The number of unbranched alkanes of at least 4 members (excludes halogenated alkanes) is 48. The molecule has 0 radical (unpaired) electrons. The first-order valence-electron chi connectivity index (χ1n) is 37.2. The third-order valence-electron chi connectivity index (χ3n) is 16.9. The number of carbonyl (C=O) groups is 1. The van der Waals surface area contributed by atoms with Crippen LogP contribution in [0.25, 0.3) is 0 Å². The number of quaternary nitrogens is 1. The van der Waals surface area contributed by atoms with E-state index in [0.29, 0.717) is 17.4 Å². The zero-order valence-electron chi connectivity index (χ0n) is 57.4. The van der Waals surface area contributed by atoms with Crippen LogP contribution in [0.2, 0.25) is 0 Å². The summed E-state index contributed by atoms with van der Waals surface area (Å²) in [4.78, 5) is 23.4. The minimum Gasteiger partial charge on any atom is -0.387 e. The number of allylic oxidation sites excluding steroid dienone is 9. The first-order chi connectivity index (χ1) is 41.5. The van der Waals surface area contributed by atoms with E-state index in [1.807, 2.05) is 27.2 Å². The van der Waals surface area contributed by atoms with Crippen LogP contribution in [0.5, 0.6) is 0 Å². The van der Waals surface area contributed by atoms with Gasteiger partial charge in [0.1, 0.15) is 13.2 Å². The van der Waals surface area contributed by atoms with Gasteiger partial charge in [-0.2, -0.15) is 0 Å². The molecule has 3 N–H and O–H groups in total. The van der Waals surface area contributed by atoms with Crippen molar-refractivity contribution in [2.24, 2.45) is 0 Å². The lowest BCUT2D eigenvalue weighted by atomic mass is 10.0. The van der Waals surface area contributed by atoms with E-state index in [1.54, 1.807) is 6.08 Å². The van der Waals surface area contributed by atoms with Crippen LogP contribution in [0.3, 0.4) is 0 Å². The van der Waals surface area contributed by atoms with E-state index in [4.69, 9.17) is 9.05 Å². The van der Waals surface area contributed by atoms with Gasteiger partial charge in [-0.1, -0.05) is 344 Å². The predicted octanol–water partition coefficient (Wildman–Crippen LogP) is 23.9. The molecule has 8 nitrogen and oxygen atoms in total. The molecule has 0 bridgehead atoms. The molecule has 0 saturated carbocycles. The number of nitrogens with one attached hydrogen (secondary N) is 1. The zero-order valence-corrected chi connectivity index (χ0v) is 58.3. The van der Waals surface area contributed by atoms with E-state index in [0.717, 1.165) is 51.4 Å². The number of likely N-dealkylation sites (N-methyl/N-ethyl adjacent to an activating group) is 1. The molecule has 0 heterocycles. The van der Waals surface area contributed by atoms with Crippen LogP contribution in [0.1, 0.15) is 367 Å². The summed E-state index contributed by atoms with van der Waals surface area (Å²) in [5.41, 5.74) is 0. The van der Waals surface area contributed by atoms with Gasteiger partial charge in [-0.15, -0.1) is 0 Å². The van der Waals surface area contributed by atoms with Crippen LogP contribution in [0, 0.1) is 0 Å². The molecule has 9 heteroatoms. The highest BCUT2D eigenvalue weighted by atomic mass is 31.2. The third kappa shape index (κ3) is 69.5. The monoisotopic (exact) mass is 1210 g/mol. The molecule has 85 heavy (non-hydrogen) atoms. The number of phosphoric acid groups is 1. The number of aliphatic hydroxyl groups excluding tert-OH is 1. The van der Waals surface area contributed by atoms with E-state index in [-0.39, 0.29) is 19.1 Å². The Morgan fingerprint density at radius 2 is 0.682 bits per heavy atom. The standard InChI is InChI=1S/C76H145N2O6P/c1-6-8-10-12-14-16-18-20-22-24-26-28-30-31-32-33-34-35-36-37-38-39-40-41-42-43-44-45-46-47-48-50-52-54-56-58-60-62-64-66-68-70-76(80)77-74(73-84-85(81,82)83-72-71-78(3,4)5)75(79)69-67-65-63-61-59-57-55-53-51-49-29-27-25-23-21-19-17-15-13-11-9-7-2/h18,20,24,26,51,53,59,61,67,69,74-75,79H,6-17,19,21-23,25,27-50,52,54-58,60,62-66,68,70-73H2,1-5H3,(H-,77,80,81,82)/p+1/b20-18-,26-24-,53-51+,61-59+,69-67+. The number of phosphoric ester groups is 1.